The fraction of sp³-hybridized carbons (Fsp3) is 1.00. The van der Waals surface area contributed by atoms with Gasteiger partial charge in [-0.05, 0) is 84.5 Å². The Bertz CT molecular complexity index is 495. The number of hydrogen-bond donors (Lipinski definition) is 4. The van der Waals surface area contributed by atoms with Crippen LogP contribution in [0.1, 0.15) is 107 Å². The summed E-state index contributed by atoms with van der Waals surface area (Å²) in [7, 11) is -0.757. The van der Waals surface area contributed by atoms with Crippen molar-refractivity contribution in [2.75, 3.05) is 49.4 Å². The largest absolute Gasteiger partial charge is 0.412 e. The molecule has 0 bridgehead atoms. The van der Waals surface area contributed by atoms with Crippen molar-refractivity contribution in [2.45, 2.75) is 107 Å². The molecule has 0 radical (unpaired) electrons. The number of hydrogen-bond acceptors (Lipinski definition) is 6. The molecule has 0 spiro atoms. The van der Waals surface area contributed by atoms with Gasteiger partial charge >= 0.3 is 0 Å². The summed E-state index contributed by atoms with van der Waals surface area (Å²) in [5.74, 6) is 3.82. The van der Waals surface area contributed by atoms with Crippen LogP contribution in [0.4, 0.5) is 0 Å². The number of rotatable bonds is 20. The van der Waals surface area contributed by atoms with E-state index in [2.05, 4.69) is 27.7 Å². The van der Waals surface area contributed by atoms with E-state index in [4.69, 9.17) is 20.4 Å². The molecule has 0 aromatic heterocycles. The summed E-state index contributed by atoms with van der Waals surface area (Å²) in [6.45, 7) is 17.5. The molecule has 0 saturated carbocycles. The van der Waals surface area contributed by atoms with Crippen LogP contribution in [0.25, 0.3) is 0 Å². The number of aliphatic hydroxyl groups excluding tert-OH is 4. The Morgan fingerprint density at radius 1 is 0.514 bits per heavy atom. The van der Waals surface area contributed by atoms with Gasteiger partial charge in [-0.2, -0.15) is 11.8 Å². The van der Waals surface area contributed by atoms with Crippen molar-refractivity contribution in [1.29, 1.82) is 0 Å². The molecule has 0 amide bonds. The van der Waals surface area contributed by atoms with Crippen molar-refractivity contribution in [3.63, 3.8) is 0 Å². The van der Waals surface area contributed by atoms with Gasteiger partial charge in [-0.1, -0.05) is 55.4 Å². The molecule has 0 heterocycles. The monoisotopic (exact) mass is 576 g/mol. The predicted octanol–water partition coefficient (Wildman–Crippen LogP) is 4.00. The summed E-state index contributed by atoms with van der Waals surface area (Å²) in [6.07, 6.45) is 8.20. The van der Waals surface area contributed by atoms with Crippen LogP contribution in [-0.4, -0.2) is 85.0 Å². The van der Waals surface area contributed by atoms with E-state index < -0.39 is 10.8 Å². The van der Waals surface area contributed by atoms with Crippen molar-refractivity contribution in [3.8, 4) is 0 Å². The van der Waals surface area contributed by atoms with E-state index in [0.29, 0.717) is 0 Å². The summed E-state index contributed by atoms with van der Waals surface area (Å²) in [4.78, 5) is 0. The van der Waals surface area contributed by atoms with Crippen LogP contribution in [0, 0.1) is 21.7 Å². The van der Waals surface area contributed by atoms with Gasteiger partial charge in [0.25, 0.3) is 0 Å². The normalized spacial score (nSPS) is 12.5. The quantitative estimate of drug-likeness (QED) is 0.160. The number of aliphatic hydroxyl groups is 4. The van der Waals surface area contributed by atoms with E-state index >= 15 is 0 Å². The lowest BCUT2D eigenvalue weighted by molar-refractivity contribution is 0.149. The van der Waals surface area contributed by atoms with Gasteiger partial charge < -0.3 is 31.4 Å². The highest BCUT2D eigenvalue weighted by Gasteiger charge is 2.18. The summed E-state index contributed by atoms with van der Waals surface area (Å²) < 4.78 is 11.8. The highest BCUT2D eigenvalue weighted by molar-refractivity contribution is 7.99. The first kappa shape index (κ1) is 44.3. The minimum Gasteiger partial charge on any atom is -0.412 e. The maximum absolute atomic E-state index is 11.8. The zero-order valence-corrected chi connectivity index (χ0v) is 27.0. The van der Waals surface area contributed by atoms with Crippen molar-refractivity contribution in [3.05, 3.63) is 0 Å². The maximum atomic E-state index is 11.8. The van der Waals surface area contributed by atoms with Crippen LogP contribution in [-0.2, 0) is 10.8 Å². The fourth-order valence-electron chi connectivity index (χ4n) is 3.25. The van der Waals surface area contributed by atoms with Gasteiger partial charge in [-0.15, -0.1) is 0 Å². The van der Waals surface area contributed by atoms with Gasteiger partial charge in [-0.3, -0.25) is 4.21 Å². The molecule has 230 valence electrons. The van der Waals surface area contributed by atoms with Crippen LogP contribution >= 0.6 is 11.8 Å². The maximum Gasteiger partial charge on any atom is 0.0482 e. The highest BCUT2D eigenvalue weighted by Crippen LogP contribution is 2.25. The molecule has 9 heteroatoms. The van der Waals surface area contributed by atoms with E-state index in [1.807, 2.05) is 39.5 Å². The van der Waals surface area contributed by atoms with E-state index in [-0.39, 0.29) is 59.0 Å². The van der Waals surface area contributed by atoms with Gasteiger partial charge in [0, 0.05) is 48.7 Å². The lowest BCUT2D eigenvalue weighted by Crippen LogP contribution is -2.19. The Morgan fingerprint density at radius 2 is 0.757 bits per heavy atom. The minimum absolute atomic E-state index is 0. The molecular formula is C28H64O7S2. The summed E-state index contributed by atoms with van der Waals surface area (Å²) >= 11 is 1.99. The van der Waals surface area contributed by atoms with E-state index in [1.54, 1.807) is 0 Å². The lowest BCUT2D eigenvalue weighted by atomic mass is 9.89. The summed E-state index contributed by atoms with van der Waals surface area (Å²) in [6, 6.07) is 0. The standard InChI is InChI=1S/C14H30O3S.C14H30O2S.2H2O/c1-13(2,11-15)7-5-9-18(17)10-6-8-14(3,4)12-16;1-13(2,11-15)7-5-9-17-10-6-8-14(3,4)12-16;;/h15-16H,5-12H2,1-4H3;15-16H,5-12H2,1-4H3;2*1H2. The molecule has 8 N–H and O–H groups in total. The molecule has 0 saturated heterocycles. The molecule has 0 atom stereocenters. The van der Waals surface area contributed by atoms with Crippen molar-refractivity contribution >= 4 is 22.6 Å². The van der Waals surface area contributed by atoms with Crippen LogP contribution in [0.3, 0.4) is 0 Å². The first-order valence-corrected chi connectivity index (χ1v) is 16.1. The van der Waals surface area contributed by atoms with Crippen molar-refractivity contribution < 1.29 is 35.6 Å². The lowest BCUT2D eigenvalue weighted by Gasteiger charge is -2.22. The molecule has 0 rings (SSSR count). The van der Waals surface area contributed by atoms with Crippen LogP contribution in [0.2, 0.25) is 0 Å². The Kier molecular flexibility index (Phi) is 27.5. The highest BCUT2D eigenvalue weighted by atomic mass is 32.2. The molecule has 7 nitrogen and oxygen atoms in total. The Morgan fingerprint density at radius 3 is 1.00 bits per heavy atom. The SMILES string of the molecule is CC(C)(CO)CCCS(=O)CCCC(C)(C)CO.CC(C)(CO)CCCSCCCC(C)(C)CO.O.O. The van der Waals surface area contributed by atoms with E-state index in [0.717, 1.165) is 50.0 Å². The Hall–Kier alpha value is 0.260. The third kappa shape index (κ3) is 29.1. The molecule has 0 aromatic rings. The first-order valence-electron chi connectivity index (χ1n) is 13.4. The van der Waals surface area contributed by atoms with Gasteiger partial charge in [-0.25, -0.2) is 0 Å². The molecule has 0 aliphatic carbocycles. The molecule has 0 aliphatic heterocycles. The second-order valence-corrected chi connectivity index (χ2v) is 16.1. The van der Waals surface area contributed by atoms with Crippen LogP contribution in [0.15, 0.2) is 0 Å². The van der Waals surface area contributed by atoms with E-state index in [1.165, 1.54) is 24.3 Å². The van der Waals surface area contributed by atoms with E-state index in [9.17, 15) is 4.21 Å². The Balaban J connectivity index is -0.000000280. The molecular weight excluding hydrogens is 512 g/mol. The van der Waals surface area contributed by atoms with Crippen molar-refractivity contribution in [2.24, 2.45) is 21.7 Å². The fourth-order valence-corrected chi connectivity index (χ4v) is 5.29. The van der Waals surface area contributed by atoms with Gasteiger partial charge in [0.05, 0.1) is 0 Å². The Labute approximate surface area is 235 Å². The molecule has 0 aliphatic rings. The smallest absolute Gasteiger partial charge is 0.0482 e. The van der Waals surface area contributed by atoms with Crippen LogP contribution < -0.4 is 0 Å². The average Bonchev–Trinajstić information content (AvgIpc) is 2.78. The molecule has 0 unspecified atom stereocenters. The van der Waals surface area contributed by atoms with Gasteiger partial charge in [0.2, 0.25) is 0 Å². The number of thioether (sulfide) groups is 1. The third-order valence-corrected chi connectivity index (χ3v) is 9.09. The van der Waals surface area contributed by atoms with Crippen LogP contribution in [0.5, 0.6) is 0 Å². The third-order valence-electron chi connectivity index (χ3n) is 6.45. The zero-order chi connectivity index (χ0) is 27.6. The van der Waals surface area contributed by atoms with Gasteiger partial charge in [0.15, 0.2) is 0 Å². The summed E-state index contributed by atoms with van der Waals surface area (Å²) in [5.41, 5.74) is 0.0606. The zero-order valence-electron chi connectivity index (χ0n) is 25.3. The predicted molar refractivity (Wildman–Crippen MR) is 163 cm³/mol. The molecule has 0 fully saturated rings. The topological polar surface area (TPSA) is 161 Å². The molecule has 0 aromatic carbocycles. The second-order valence-electron chi connectivity index (χ2n) is 13.2. The van der Waals surface area contributed by atoms with Gasteiger partial charge in [0.1, 0.15) is 0 Å². The summed E-state index contributed by atoms with van der Waals surface area (Å²) in [5, 5.41) is 36.5. The minimum atomic E-state index is -0.757. The van der Waals surface area contributed by atoms with Crippen molar-refractivity contribution in [1.82, 2.24) is 0 Å². The second kappa shape index (κ2) is 23.0. The molecule has 37 heavy (non-hydrogen) atoms. The average molecular weight is 577 g/mol. The first-order chi connectivity index (χ1) is 16.1.